The van der Waals surface area contributed by atoms with Gasteiger partial charge in [0, 0.05) is 35.7 Å². The van der Waals surface area contributed by atoms with Gasteiger partial charge in [0.05, 0.1) is 17.8 Å². The molecule has 3 N–H and O–H groups in total. The quantitative estimate of drug-likeness (QED) is 0.214. The Balaban J connectivity index is 0.000000494. The van der Waals surface area contributed by atoms with Crippen LogP contribution in [0.1, 0.15) is 37.8 Å². The van der Waals surface area contributed by atoms with E-state index in [0.717, 1.165) is 6.07 Å². The highest BCUT2D eigenvalue weighted by Gasteiger charge is 2.33. The molecule has 0 saturated carbocycles. The maximum absolute atomic E-state index is 14.5. The lowest BCUT2D eigenvalue weighted by atomic mass is 10.1. The van der Waals surface area contributed by atoms with Crippen molar-refractivity contribution in [3.05, 3.63) is 124 Å². The standard InChI is InChI=1S/C24H17F5N8O3.C6H4ClF/c25-15-6-13(5-14(7-15)24(27,28)29)22(39)35-19-17-10-30-18(38)11-36(17)21(34-19)23(40)32-9-12-4-16(26)20(31-8-12)37-3-1-2-33-37;7-5-1-3-6(8)4-2-5/h1-8H,9-11H2,(H,30,38)(H,32,40)(H,35,39);1-4H. The van der Waals surface area contributed by atoms with Crippen LogP contribution >= 0.6 is 11.6 Å². The summed E-state index contributed by atoms with van der Waals surface area (Å²) in [5, 5.41) is 11.8. The first-order valence-corrected chi connectivity index (χ1v) is 14.0. The van der Waals surface area contributed by atoms with Gasteiger partial charge in [0.15, 0.2) is 17.5 Å². The Labute approximate surface area is 271 Å². The Morgan fingerprint density at radius 2 is 1.75 bits per heavy atom. The van der Waals surface area contributed by atoms with Gasteiger partial charge in [0.2, 0.25) is 11.7 Å². The monoisotopic (exact) mass is 690 g/mol. The summed E-state index contributed by atoms with van der Waals surface area (Å²) in [6, 6.07) is 9.75. The number of imidazole rings is 1. The molecule has 0 radical (unpaired) electrons. The normalized spacial score (nSPS) is 12.4. The predicted molar refractivity (Wildman–Crippen MR) is 157 cm³/mol. The number of carbonyl (C=O) groups excluding carboxylic acids is 3. The average Bonchev–Trinajstić information content (AvgIpc) is 3.69. The van der Waals surface area contributed by atoms with E-state index in [1.807, 2.05) is 0 Å². The van der Waals surface area contributed by atoms with Gasteiger partial charge in [-0.15, -0.1) is 0 Å². The van der Waals surface area contributed by atoms with Gasteiger partial charge in [0.25, 0.3) is 11.8 Å². The molecule has 6 rings (SSSR count). The Hall–Kier alpha value is -5.71. The van der Waals surface area contributed by atoms with Crippen LogP contribution in [0.25, 0.3) is 5.82 Å². The molecule has 0 unspecified atom stereocenters. The van der Waals surface area contributed by atoms with Crippen LogP contribution in [0, 0.1) is 17.5 Å². The Kier molecular flexibility index (Phi) is 9.79. The summed E-state index contributed by atoms with van der Waals surface area (Å²) in [5.41, 5.74) is -1.51. The van der Waals surface area contributed by atoms with Gasteiger partial charge in [-0.05, 0) is 60.2 Å². The highest BCUT2D eigenvalue weighted by atomic mass is 35.5. The predicted octanol–water partition coefficient (Wildman–Crippen LogP) is 5.05. The van der Waals surface area contributed by atoms with Crippen molar-refractivity contribution < 1.29 is 40.7 Å². The molecule has 0 spiro atoms. The largest absolute Gasteiger partial charge is 0.416 e. The molecular weight excluding hydrogens is 670 g/mol. The van der Waals surface area contributed by atoms with Crippen molar-refractivity contribution in [2.45, 2.75) is 25.8 Å². The highest BCUT2D eigenvalue weighted by Crippen LogP contribution is 2.31. The second-order valence-corrected chi connectivity index (χ2v) is 10.4. The molecule has 1 aliphatic heterocycles. The first-order valence-electron chi connectivity index (χ1n) is 13.7. The number of pyridine rings is 1. The number of aromatic nitrogens is 5. The first kappa shape index (κ1) is 33.6. The lowest BCUT2D eigenvalue weighted by molar-refractivity contribution is -0.137. The molecule has 11 nitrogen and oxygen atoms in total. The van der Waals surface area contributed by atoms with E-state index in [0.29, 0.717) is 22.7 Å². The molecule has 0 aliphatic carbocycles. The molecule has 5 aromatic rings. The lowest BCUT2D eigenvalue weighted by Crippen LogP contribution is -2.37. The molecule has 3 aromatic heterocycles. The molecule has 18 heteroatoms. The van der Waals surface area contributed by atoms with Crippen LogP contribution in [0.4, 0.5) is 32.2 Å². The number of nitrogens with zero attached hydrogens (tertiary/aromatic N) is 5. The molecule has 2 aromatic carbocycles. The fourth-order valence-corrected chi connectivity index (χ4v) is 4.50. The smallest absolute Gasteiger partial charge is 0.349 e. The molecule has 248 valence electrons. The molecular formula is C30H21ClF6N8O3. The zero-order valence-electron chi connectivity index (χ0n) is 24.2. The van der Waals surface area contributed by atoms with E-state index in [1.54, 1.807) is 6.07 Å². The van der Waals surface area contributed by atoms with Gasteiger partial charge in [-0.1, -0.05) is 11.6 Å². The summed E-state index contributed by atoms with van der Waals surface area (Å²) in [6.07, 6.45) is -0.605. The van der Waals surface area contributed by atoms with Crippen LogP contribution < -0.4 is 16.0 Å². The van der Waals surface area contributed by atoms with Crippen molar-refractivity contribution in [1.82, 2.24) is 34.9 Å². The van der Waals surface area contributed by atoms with Crippen LogP contribution in [0.3, 0.4) is 0 Å². The maximum atomic E-state index is 14.5. The summed E-state index contributed by atoms with van der Waals surface area (Å²) < 4.78 is 82.0. The number of nitrogens with one attached hydrogen (secondary N) is 3. The van der Waals surface area contributed by atoms with Gasteiger partial charge >= 0.3 is 6.18 Å². The van der Waals surface area contributed by atoms with Gasteiger partial charge < -0.3 is 20.5 Å². The van der Waals surface area contributed by atoms with Crippen molar-refractivity contribution in [2.24, 2.45) is 0 Å². The number of benzene rings is 2. The van der Waals surface area contributed by atoms with Gasteiger partial charge in [-0.25, -0.2) is 27.8 Å². The molecule has 48 heavy (non-hydrogen) atoms. The van der Waals surface area contributed by atoms with E-state index in [4.69, 9.17) is 11.6 Å². The number of carbonyl (C=O) groups is 3. The van der Waals surface area contributed by atoms with Gasteiger partial charge in [-0.3, -0.25) is 14.4 Å². The topological polar surface area (TPSA) is 136 Å². The number of alkyl halides is 3. The Morgan fingerprint density at radius 1 is 1.00 bits per heavy atom. The molecule has 3 amide bonds. The highest BCUT2D eigenvalue weighted by molar-refractivity contribution is 6.30. The number of fused-ring (bicyclic) bond motifs is 1. The summed E-state index contributed by atoms with van der Waals surface area (Å²) in [4.78, 5) is 45.7. The Bertz CT molecular complexity index is 1960. The average molecular weight is 691 g/mol. The van der Waals surface area contributed by atoms with E-state index in [1.165, 1.54) is 52.1 Å². The fourth-order valence-electron chi connectivity index (χ4n) is 4.38. The zero-order chi connectivity index (χ0) is 34.6. The van der Waals surface area contributed by atoms with Crippen LogP contribution in [0.2, 0.25) is 5.02 Å². The molecule has 0 fully saturated rings. The second-order valence-electron chi connectivity index (χ2n) is 9.99. The fraction of sp³-hybridized carbons (Fsp3) is 0.133. The van der Waals surface area contributed by atoms with Crippen LogP contribution in [-0.2, 0) is 30.6 Å². The number of amides is 3. The number of hydrogen-bond acceptors (Lipinski definition) is 6. The molecule has 1 aliphatic rings. The second kappa shape index (κ2) is 14.0. The van der Waals surface area contributed by atoms with Crippen molar-refractivity contribution in [3.63, 3.8) is 0 Å². The third kappa shape index (κ3) is 7.98. The minimum Gasteiger partial charge on any atom is -0.349 e. The number of hydrogen-bond donors (Lipinski definition) is 3. The van der Waals surface area contributed by atoms with E-state index < -0.39 is 46.7 Å². The summed E-state index contributed by atoms with van der Waals surface area (Å²) in [6.45, 7) is -0.675. The van der Waals surface area contributed by atoms with Crippen LogP contribution in [0.15, 0.2) is 73.2 Å². The molecule has 0 atom stereocenters. The minimum absolute atomic E-state index is 0.0468. The number of rotatable bonds is 6. The third-order valence-corrected chi connectivity index (χ3v) is 6.86. The van der Waals surface area contributed by atoms with Crippen molar-refractivity contribution in [3.8, 4) is 5.82 Å². The zero-order valence-corrected chi connectivity index (χ0v) is 24.9. The summed E-state index contributed by atoms with van der Waals surface area (Å²) >= 11 is 5.44. The van der Waals surface area contributed by atoms with Crippen molar-refractivity contribution >= 4 is 35.1 Å². The molecule has 0 bridgehead atoms. The maximum Gasteiger partial charge on any atom is 0.416 e. The molecule has 0 saturated heterocycles. The van der Waals surface area contributed by atoms with Gasteiger partial charge in [-0.2, -0.15) is 18.3 Å². The SMILES string of the molecule is Fc1ccc(Cl)cc1.O=C1Cn2c(C(=O)NCc3cnc(-n4cccn4)c(F)c3)nc(NC(=O)c3cc(F)cc(C(F)(F)F)c3)c2CN1. The summed E-state index contributed by atoms with van der Waals surface area (Å²) in [7, 11) is 0. The Morgan fingerprint density at radius 3 is 2.40 bits per heavy atom. The van der Waals surface area contributed by atoms with E-state index in [2.05, 4.69) is 31.0 Å². The minimum atomic E-state index is -4.89. The third-order valence-electron chi connectivity index (χ3n) is 6.61. The summed E-state index contributed by atoms with van der Waals surface area (Å²) in [5.74, 6) is -5.15. The number of anilines is 1. The molecule has 4 heterocycles. The number of halogens is 7. The van der Waals surface area contributed by atoms with Crippen molar-refractivity contribution in [2.75, 3.05) is 5.32 Å². The first-order chi connectivity index (χ1) is 22.8. The van der Waals surface area contributed by atoms with Crippen LogP contribution in [0.5, 0.6) is 0 Å². The lowest BCUT2D eigenvalue weighted by Gasteiger charge is -2.18. The van der Waals surface area contributed by atoms with Crippen molar-refractivity contribution in [1.29, 1.82) is 0 Å². The van der Waals surface area contributed by atoms with E-state index in [-0.39, 0.29) is 54.7 Å². The van der Waals surface area contributed by atoms with E-state index >= 15 is 0 Å². The van der Waals surface area contributed by atoms with E-state index in [9.17, 15) is 40.7 Å². The van der Waals surface area contributed by atoms with Gasteiger partial charge in [0.1, 0.15) is 18.2 Å². The van der Waals surface area contributed by atoms with Crippen LogP contribution in [-0.4, -0.2) is 42.0 Å².